The summed E-state index contributed by atoms with van der Waals surface area (Å²) in [5, 5.41) is 10.6. The molecular formula is C14H21BrO. The Kier molecular flexibility index (Phi) is 5.00. The van der Waals surface area contributed by atoms with Crippen LogP contribution >= 0.6 is 15.9 Å². The minimum Gasteiger partial charge on any atom is -0.385 e. The molecule has 0 amide bonds. The van der Waals surface area contributed by atoms with Gasteiger partial charge in [0.05, 0.1) is 5.60 Å². The van der Waals surface area contributed by atoms with Gasteiger partial charge in [-0.15, -0.1) is 0 Å². The van der Waals surface area contributed by atoms with E-state index in [1.807, 2.05) is 31.2 Å². The van der Waals surface area contributed by atoms with Gasteiger partial charge >= 0.3 is 0 Å². The van der Waals surface area contributed by atoms with Crippen LogP contribution in [-0.4, -0.2) is 5.11 Å². The summed E-state index contributed by atoms with van der Waals surface area (Å²) in [6.07, 6.45) is 2.64. The highest BCUT2D eigenvalue weighted by Gasteiger charge is 2.26. The molecule has 0 fully saturated rings. The molecule has 0 heterocycles. The smallest absolute Gasteiger partial charge is 0.0894 e. The van der Waals surface area contributed by atoms with Gasteiger partial charge in [0.1, 0.15) is 0 Å². The third kappa shape index (κ3) is 3.60. The Bertz CT molecular complexity index is 335. The topological polar surface area (TPSA) is 20.2 Å². The molecule has 0 aliphatic heterocycles. The predicted molar refractivity (Wildman–Crippen MR) is 72.4 cm³/mol. The lowest BCUT2D eigenvalue weighted by Crippen LogP contribution is -2.25. The van der Waals surface area contributed by atoms with Gasteiger partial charge in [0.2, 0.25) is 0 Å². The minimum absolute atomic E-state index is 0.630. The molecule has 1 N–H and O–H groups in total. The molecule has 0 bridgehead atoms. The third-order valence-corrected chi connectivity index (χ3v) is 3.58. The zero-order chi connectivity index (χ0) is 12.2. The summed E-state index contributed by atoms with van der Waals surface area (Å²) in [7, 11) is 0. The maximum Gasteiger partial charge on any atom is 0.0894 e. The largest absolute Gasteiger partial charge is 0.385 e. The van der Waals surface area contributed by atoms with Crippen molar-refractivity contribution in [2.75, 3.05) is 0 Å². The molecule has 1 aromatic rings. The van der Waals surface area contributed by atoms with Crippen molar-refractivity contribution in [3.63, 3.8) is 0 Å². The van der Waals surface area contributed by atoms with E-state index in [0.29, 0.717) is 5.92 Å². The number of benzene rings is 1. The van der Waals surface area contributed by atoms with Crippen molar-refractivity contribution in [3.05, 3.63) is 34.3 Å². The van der Waals surface area contributed by atoms with Crippen molar-refractivity contribution in [3.8, 4) is 0 Å². The first-order valence-electron chi connectivity index (χ1n) is 5.96. The van der Waals surface area contributed by atoms with Crippen molar-refractivity contribution < 1.29 is 5.11 Å². The summed E-state index contributed by atoms with van der Waals surface area (Å²) >= 11 is 3.45. The Morgan fingerprint density at radius 3 is 2.56 bits per heavy atom. The van der Waals surface area contributed by atoms with Gasteiger partial charge in [-0.05, 0) is 42.9 Å². The zero-order valence-electron chi connectivity index (χ0n) is 10.3. The molecule has 16 heavy (non-hydrogen) atoms. The summed E-state index contributed by atoms with van der Waals surface area (Å²) < 4.78 is 1.03. The second-order valence-electron chi connectivity index (χ2n) is 4.83. The molecule has 0 radical (unpaired) electrons. The standard InChI is InChI=1S/C14H21BrO/c1-4-14(16,9-8-11(2)3)12-6-5-7-13(15)10-12/h5-7,10-11,16H,4,8-9H2,1-3H3. The molecule has 0 aliphatic carbocycles. The predicted octanol–water partition coefficient (Wildman–Crippen LogP) is 4.48. The van der Waals surface area contributed by atoms with E-state index in [-0.39, 0.29) is 0 Å². The molecule has 1 unspecified atom stereocenters. The van der Waals surface area contributed by atoms with Crippen LogP contribution in [0.2, 0.25) is 0 Å². The molecular weight excluding hydrogens is 264 g/mol. The summed E-state index contributed by atoms with van der Waals surface area (Å²) in [4.78, 5) is 0. The van der Waals surface area contributed by atoms with E-state index in [1.165, 1.54) is 0 Å². The molecule has 1 aromatic carbocycles. The van der Waals surface area contributed by atoms with Gasteiger partial charge in [-0.25, -0.2) is 0 Å². The van der Waals surface area contributed by atoms with Crippen LogP contribution in [0.3, 0.4) is 0 Å². The average Bonchev–Trinajstić information content (AvgIpc) is 2.26. The Balaban J connectivity index is 2.86. The highest BCUT2D eigenvalue weighted by Crippen LogP contribution is 2.32. The molecule has 0 saturated carbocycles. The Morgan fingerprint density at radius 1 is 1.38 bits per heavy atom. The van der Waals surface area contributed by atoms with E-state index in [1.54, 1.807) is 0 Å². The lowest BCUT2D eigenvalue weighted by atomic mass is 9.85. The molecule has 0 aliphatic rings. The first-order valence-corrected chi connectivity index (χ1v) is 6.75. The maximum atomic E-state index is 10.6. The summed E-state index contributed by atoms with van der Waals surface area (Å²) in [5.74, 6) is 0.630. The fraction of sp³-hybridized carbons (Fsp3) is 0.571. The van der Waals surface area contributed by atoms with Gasteiger partial charge in [-0.2, -0.15) is 0 Å². The normalized spacial score (nSPS) is 15.1. The average molecular weight is 285 g/mol. The summed E-state index contributed by atoms with van der Waals surface area (Å²) in [6.45, 7) is 6.43. The zero-order valence-corrected chi connectivity index (χ0v) is 11.9. The van der Waals surface area contributed by atoms with Gasteiger partial charge in [0.25, 0.3) is 0 Å². The van der Waals surface area contributed by atoms with Crippen LogP contribution in [0.15, 0.2) is 28.7 Å². The van der Waals surface area contributed by atoms with E-state index >= 15 is 0 Å². The van der Waals surface area contributed by atoms with Crippen LogP contribution in [0.4, 0.5) is 0 Å². The fourth-order valence-electron chi connectivity index (χ4n) is 1.83. The first kappa shape index (κ1) is 13.7. The minimum atomic E-state index is -0.673. The van der Waals surface area contributed by atoms with E-state index in [9.17, 15) is 5.11 Å². The quantitative estimate of drug-likeness (QED) is 0.845. The SMILES string of the molecule is CCC(O)(CCC(C)C)c1cccc(Br)c1. The number of rotatable bonds is 5. The first-order chi connectivity index (χ1) is 7.48. The number of hydrogen-bond acceptors (Lipinski definition) is 1. The van der Waals surface area contributed by atoms with Crippen LogP contribution in [0.25, 0.3) is 0 Å². The van der Waals surface area contributed by atoms with Crippen molar-refractivity contribution >= 4 is 15.9 Å². The van der Waals surface area contributed by atoms with Crippen LogP contribution in [0.1, 0.15) is 45.6 Å². The lowest BCUT2D eigenvalue weighted by Gasteiger charge is -2.28. The van der Waals surface area contributed by atoms with Gasteiger partial charge in [-0.3, -0.25) is 0 Å². The Labute approximate surface area is 107 Å². The van der Waals surface area contributed by atoms with Crippen molar-refractivity contribution in [2.24, 2.45) is 5.92 Å². The van der Waals surface area contributed by atoms with Crippen molar-refractivity contribution in [2.45, 2.75) is 45.6 Å². The number of halogens is 1. The van der Waals surface area contributed by atoms with Gasteiger partial charge < -0.3 is 5.11 Å². The second kappa shape index (κ2) is 5.83. The second-order valence-corrected chi connectivity index (χ2v) is 5.74. The third-order valence-electron chi connectivity index (χ3n) is 3.08. The fourth-order valence-corrected chi connectivity index (χ4v) is 2.23. The van der Waals surface area contributed by atoms with Gasteiger partial charge in [0, 0.05) is 4.47 Å². The van der Waals surface area contributed by atoms with E-state index in [0.717, 1.165) is 29.3 Å². The van der Waals surface area contributed by atoms with Crippen molar-refractivity contribution in [1.29, 1.82) is 0 Å². The molecule has 1 nitrogen and oxygen atoms in total. The molecule has 0 spiro atoms. The molecule has 0 aromatic heterocycles. The maximum absolute atomic E-state index is 10.6. The molecule has 0 saturated heterocycles. The summed E-state index contributed by atoms with van der Waals surface area (Å²) in [6, 6.07) is 8.00. The lowest BCUT2D eigenvalue weighted by molar-refractivity contribution is 0.0181. The van der Waals surface area contributed by atoms with Crippen molar-refractivity contribution in [1.82, 2.24) is 0 Å². The van der Waals surface area contributed by atoms with Crippen LogP contribution in [0.5, 0.6) is 0 Å². The van der Waals surface area contributed by atoms with Crippen LogP contribution < -0.4 is 0 Å². The van der Waals surface area contributed by atoms with Crippen LogP contribution in [-0.2, 0) is 5.60 Å². The van der Waals surface area contributed by atoms with E-state index in [2.05, 4.69) is 29.8 Å². The van der Waals surface area contributed by atoms with Crippen LogP contribution in [0, 0.1) is 5.92 Å². The number of hydrogen-bond donors (Lipinski definition) is 1. The molecule has 1 rings (SSSR count). The molecule has 90 valence electrons. The Morgan fingerprint density at radius 2 is 2.06 bits per heavy atom. The highest BCUT2D eigenvalue weighted by atomic mass is 79.9. The Hall–Kier alpha value is -0.340. The van der Waals surface area contributed by atoms with E-state index in [4.69, 9.17) is 0 Å². The van der Waals surface area contributed by atoms with Gasteiger partial charge in [-0.1, -0.05) is 48.8 Å². The number of aliphatic hydroxyl groups is 1. The van der Waals surface area contributed by atoms with E-state index < -0.39 is 5.60 Å². The highest BCUT2D eigenvalue weighted by molar-refractivity contribution is 9.10. The monoisotopic (exact) mass is 284 g/mol. The summed E-state index contributed by atoms with van der Waals surface area (Å²) in [5.41, 5.74) is 0.346. The molecule has 1 atom stereocenters. The molecule has 2 heteroatoms. The van der Waals surface area contributed by atoms with Gasteiger partial charge in [0.15, 0.2) is 0 Å².